The Labute approximate surface area is 115 Å². The van der Waals surface area contributed by atoms with E-state index in [4.69, 9.17) is 5.84 Å². The van der Waals surface area contributed by atoms with Crippen LogP contribution in [0, 0.1) is 5.92 Å². The number of nitrogen functional groups attached to an aromatic ring is 1. The highest BCUT2D eigenvalue weighted by Crippen LogP contribution is 2.13. The Balaban J connectivity index is 2.82. The maximum Gasteiger partial charge on any atom is 0.272 e. The van der Waals surface area contributed by atoms with Crippen LogP contribution in [0.15, 0.2) is 18.2 Å². The van der Waals surface area contributed by atoms with E-state index >= 15 is 0 Å². The van der Waals surface area contributed by atoms with Crippen molar-refractivity contribution in [2.24, 2.45) is 11.8 Å². The van der Waals surface area contributed by atoms with Gasteiger partial charge in [0.15, 0.2) is 0 Å². The molecule has 0 radical (unpaired) electrons. The molecule has 106 valence electrons. The summed E-state index contributed by atoms with van der Waals surface area (Å²) in [6.07, 6.45) is 2.16. The van der Waals surface area contributed by atoms with Gasteiger partial charge in [0, 0.05) is 13.1 Å². The molecule has 0 aliphatic rings. The maximum atomic E-state index is 12.4. The summed E-state index contributed by atoms with van der Waals surface area (Å²) in [7, 11) is 0. The van der Waals surface area contributed by atoms with E-state index in [-0.39, 0.29) is 5.91 Å². The van der Waals surface area contributed by atoms with Gasteiger partial charge in [0.2, 0.25) is 0 Å². The van der Waals surface area contributed by atoms with Crippen LogP contribution in [0.25, 0.3) is 0 Å². The molecule has 19 heavy (non-hydrogen) atoms. The Hall–Kier alpha value is -1.62. The first-order chi connectivity index (χ1) is 9.15. The first-order valence-corrected chi connectivity index (χ1v) is 6.89. The predicted octanol–water partition coefficient (Wildman–Crippen LogP) is 2.27. The van der Waals surface area contributed by atoms with Crippen LogP contribution >= 0.6 is 0 Å². The molecular formula is C14H24N4O. The third-order valence-electron chi connectivity index (χ3n) is 3.42. The number of aromatic nitrogens is 1. The van der Waals surface area contributed by atoms with Gasteiger partial charge < -0.3 is 10.3 Å². The van der Waals surface area contributed by atoms with Crippen LogP contribution in [0.3, 0.4) is 0 Å². The van der Waals surface area contributed by atoms with Gasteiger partial charge in [0.05, 0.1) is 0 Å². The minimum absolute atomic E-state index is 0.0356. The number of hydrogen-bond acceptors (Lipinski definition) is 4. The minimum atomic E-state index is -0.0356. The minimum Gasteiger partial charge on any atom is -0.337 e. The average Bonchev–Trinajstić information content (AvgIpc) is 2.48. The number of pyridine rings is 1. The van der Waals surface area contributed by atoms with Crippen LogP contribution in [0.2, 0.25) is 0 Å². The largest absolute Gasteiger partial charge is 0.337 e. The highest BCUT2D eigenvalue weighted by atomic mass is 16.2. The number of hydrogen-bond donors (Lipinski definition) is 2. The summed E-state index contributed by atoms with van der Waals surface area (Å²) in [6, 6.07) is 5.23. The van der Waals surface area contributed by atoms with E-state index in [0.29, 0.717) is 24.0 Å². The van der Waals surface area contributed by atoms with Crippen LogP contribution in [-0.2, 0) is 0 Å². The number of anilines is 1. The van der Waals surface area contributed by atoms with Crippen molar-refractivity contribution >= 4 is 11.7 Å². The van der Waals surface area contributed by atoms with Crippen LogP contribution in [0.4, 0.5) is 5.82 Å². The summed E-state index contributed by atoms with van der Waals surface area (Å²) in [5.41, 5.74) is 2.89. The van der Waals surface area contributed by atoms with Gasteiger partial charge in [-0.05, 0) is 25.0 Å². The van der Waals surface area contributed by atoms with Gasteiger partial charge in [-0.25, -0.2) is 10.8 Å². The molecule has 0 saturated heterocycles. The SMILES string of the molecule is CCC(CC)CN(CC)C(=O)c1cccc(NN)n1. The lowest BCUT2D eigenvalue weighted by Gasteiger charge is -2.25. The van der Waals surface area contributed by atoms with Gasteiger partial charge in [0.1, 0.15) is 11.5 Å². The lowest BCUT2D eigenvalue weighted by Crippen LogP contribution is -2.35. The van der Waals surface area contributed by atoms with Crippen molar-refractivity contribution in [3.05, 3.63) is 23.9 Å². The molecule has 0 aliphatic carbocycles. The van der Waals surface area contributed by atoms with Gasteiger partial charge in [0.25, 0.3) is 5.91 Å². The van der Waals surface area contributed by atoms with Crippen molar-refractivity contribution in [3.8, 4) is 0 Å². The second kappa shape index (κ2) is 7.74. The van der Waals surface area contributed by atoms with E-state index in [0.717, 1.165) is 19.4 Å². The van der Waals surface area contributed by atoms with Gasteiger partial charge in [-0.1, -0.05) is 32.8 Å². The fourth-order valence-electron chi connectivity index (χ4n) is 2.01. The average molecular weight is 264 g/mol. The van der Waals surface area contributed by atoms with Gasteiger partial charge in [-0.2, -0.15) is 0 Å². The standard InChI is InChI=1S/C14H24N4O/c1-4-11(5-2)10-18(6-3)14(19)12-8-7-9-13(16-12)17-15/h7-9,11H,4-6,10,15H2,1-3H3,(H,16,17). The van der Waals surface area contributed by atoms with Crippen LogP contribution in [0.5, 0.6) is 0 Å². The second-order valence-corrected chi connectivity index (χ2v) is 4.58. The lowest BCUT2D eigenvalue weighted by atomic mass is 10.0. The summed E-state index contributed by atoms with van der Waals surface area (Å²) < 4.78 is 0. The quantitative estimate of drug-likeness (QED) is 0.585. The van der Waals surface area contributed by atoms with E-state index in [1.807, 2.05) is 11.8 Å². The zero-order valence-corrected chi connectivity index (χ0v) is 12.0. The lowest BCUT2D eigenvalue weighted by molar-refractivity contribution is 0.0729. The van der Waals surface area contributed by atoms with E-state index in [1.165, 1.54) is 0 Å². The molecule has 1 aromatic heterocycles. The number of hydrazine groups is 1. The molecule has 5 heteroatoms. The third kappa shape index (κ3) is 4.21. The highest BCUT2D eigenvalue weighted by Gasteiger charge is 2.18. The molecule has 0 bridgehead atoms. The summed E-state index contributed by atoms with van der Waals surface area (Å²) >= 11 is 0. The predicted molar refractivity (Wildman–Crippen MR) is 77.7 cm³/mol. The van der Waals surface area contributed by atoms with Gasteiger partial charge in [-0.15, -0.1) is 0 Å². The number of rotatable bonds is 7. The molecule has 3 N–H and O–H groups in total. The Morgan fingerprint density at radius 3 is 2.58 bits per heavy atom. The zero-order chi connectivity index (χ0) is 14.3. The first-order valence-electron chi connectivity index (χ1n) is 6.89. The van der Waals surface area contributed by atoms with E-state index < -0.39 is 0 Å². The zero-order valence-electron chi connectivity index (χ0n) is 12.0. The summed E-state index contributed by atoms with van der Waals surface area (Å²) in [5, 5.41) is 0. The monoisotopic (exact) mass is 264 g/mol. The molecule has 1 heterocycles. The van der Waals surface area contributed by atoms with Crippen molar-refractivity contribution < 1.29 is 4.79 Å². The summed E-state index contributed by atoms with van der Waals surface area (Å²) in [6.45, 7) is 7.78. The van der Waals surface area contributed by atoms with Crippen molar-refractivity contribution in [1.29, 1.82) is 0 Å². The Morgan fingerprint density at radius 1 is 1.37 bits per heavy atom. The molecular weight excluding hydrogens is 240 g/mol. The van der Waals surface area contributed by atoms with Crippen molar-refractivity contribution in [3.63, 3.8) is 0 Å². The van der Waals surface area contributed by atoms with E-state index in [1.54, 1.807) is 18.2 Å². The van der Waals surface area contributed by atoms with Crippen LogP contribution in [0.1, 0.15) is 44.1 Å². The fraction of sp³-hybridized carbons (Fsp3) is 0.571. The number of carbonyl (C=O) groups is 1. The molecule has 1 rings (SSSR count). The van der Waals surface area contributed by atoms with E-state index in [9.17, 15) is 4.79 Å². The van der Waals surface area contributed by atoms with Gasteiger partial charge >= 0.3 is 0 Å². The number of nitrogens with zero attached hydrogens (tertiary/aromatic N) is 2. The third-order valence-corrected chi connectivity index (χ3v) is 3.42. The van der Waals surface area contributed by atoms with Crippen molar-refractivity contribution in [1.82, 2.24) is 9.88 Å². The molecule has 0 atom stereocenters. The first kappa shape index (κ1) is 15.4. The molecule has 0 aromatic carbocycles. The van der Waals surface area contributed by atoms with Crippen molar-refractivity contribution in [2.75, 3.05) is 18.5 Å². The number of nitrogens with two attached hydrogens (primary N) is 1. The van der Waals surface area contributed by atoms with Crippen molar-refractivity contribution in [2.45, 2.75) is 33.6 Å². The summed E-state index contributed by atoms with van der Waals surface area (Å²) in [4.78, 5) is 18.4. The summed E-state index contributed by atoms with van der Waals surface area (Å²) in [5.74, 6) is 6.32. The number of carbonyl (C=O) groups excluding carboxylic acids is 1. The van der Waals surface area contributed by atoms with Crippen LogP contribution in [-0.4, -0.2) is 28.9 Å². The molecule has 5 nitrogen and oxygen atoms in total. The maximum absolute atomic E-state index is 12.4. The number of amides is 1. The van der Waals surface area contributed by atoms with Gasteiger partial charge in [-0.3, -0.25) is 4.79 Å². The molecule has 0 unspecified atom stereocenters. The molecule has 1 amide bonds. The van der Waals surface area contributed by atoms with E-state index in [2.05, 4.69) is 24.3 Å². The fourth-order valence-corrected chi connectivity index (χ4v) is 2.01. The normalized spacial score (nSPS) is 10.6. The highest BCUT2D eigenvalue weighted by molar-refractivity contribution is 5.92. The van der Waals surface area contributed by atoms with Crippen LogP contribution < -0.4 is 11.3 Å². The Morgan fingerprint density at radius 2 is 2.05 bits per heavy atom. The Bertz CT molecular complexity index is 404. The number of nitrogens with one attached hydrogen (secondary N) is 1. The molecule has 1 aromatic rings. The molecule has 0 saturated carbocycles. The molecule has 0 aliphatic heterocycles. The topological polar surface area (TPSA) is 71.2 Å². The smallest absolute Gasteiger partial charge is 0.272 e. The molecule has 0 spiro atoms. The second-order valence-electron chi connectivity index (χ2n) is 4.58. The Kier molecular flexibility index (Phi) is 6.29. The molecule has 0 fully saturated rings.